The third-order valence-corrected chi connectivity index (χ3v) is 0.348. The predicted octanol–water partition coefficient (Wildman–Crippen LogP) is 1.49. The normalized spacial score (nSPS) is 11.2. The molecule has 0 bridgehead atoms. The number of ether oxygens (including phenoxy) is 1. The molecule has 0 rings (SSSR count). The number of hydrogen-bond acceptors (Lipinski definition) is 1. The largest absolute Gasteiger partial charge is 0.345 e. The molecule has 0 N–H and O–H groups in total. The van der Waals surface area contributed by atoms with Crippen molar-refractivity contribution in [3.8, 4) is 0 Å². The van der Waals surface area contributed by atoms with Gasteiger partial charge >= 0.3 is 6.61 Å². The number of rotatable bonds is 3. The van der Waals surface area contributed by atoms with E-state index >= 15 is 0 Å². The molecule has 0 aliphatic heterocycles. The lowest BCUT2D eigenvalue weighted by Gasteiger charge is -1.98. The Balaban J connectivity index is 2.93. The second kappa shape index (κ2) is 3.65. The Labute approximate surface area is 43.2 Å². The second-order valence-electron chi connectivity index (χ2n) is 0.985. The molecule has 0 fully saturated rings. The zero-order chi connectivity index (χ0) is 6.57. The van der Waals surface area contributed by atoms with Crippen molar-refractivity contribution in [3.05, 3.63) is 0 Å². The van der Waals surface area contributed by atoms with E-state index in [1.54, 1.807) is 0 Å². The van der Waals surface area contributed by atoms with Gasteiger partial charge in [0.1, 0.15) is 6.61 Å². The minimum atomic E-state index is -3.09. The van der Waals surface area contributed by atoms with Crippen molar-refractivity contribution in [2.75, 3.05) is 6.61 Å². The van der Waals surface area contributed by atoms with Crippen LogP contribution in [0.4, 0.5) is 17.6 Å². The smallest absolute Gasteiger partial charge is 0.317 e. The standard InChI is InChI=1S/C3H4F4O/c4-2(5)1-8-3(6)7/h2-3H,1H2. The second-order valence-corrected chi connectivity index (χ2v) is 0.985. The van der Waals surface area contributed by atoms with Crippen molar-refractivity contribution in [1.29, 1.82) is 0 Å². The molecule has 0 radical (unpaired) electrons. The fraction of sp³-hybridized carbons (Fsp3) is 1.00. The average molecular weight is 132 g/mol. The first-order chi connectivity index (χ1) is 3.63. The van der Waals surface area contributed by atoms with Gasteiger partial charge in [-0.15, -0.1) is 0 Å². The van der Waals surface area contributed by atoms with E-state index in [0.717, 1.165) is 0 Å². The van der Waals surface area contributed by atoms with E-state index in [9.17, 15) is 17.6 Å². The molecular formula is C3H4F4O. The molecule has 0 aliphatic rings. The first-order valence-electron chi connectivity index (χ1n) is 1.81. The molecule has 50 valence electrons. The Bertz CT molecular complexity index is 47.2. The van der Waals surface area contributed by atoms with Crippen LogP contribution >= 0.6 is 0 Å². The summed E-state index contributed by atoms with van der Waals surface area (Å²) in [4.78, 5) is 0. The third-order valence-electron chi connectivity index (χ3n) is 0.348. The lowest BCUT2D eigenvalue weighted by atomic mass is 10.8. The summed E-state index contributed by atoms with van der Waals surface area (Å²) < 4.78 is 46.8. The summed E-state index contributed by atoms with van der Waals surface area (Å²) in [5.74, 6) is 0. The van der Waals surface area contributed by atoms with Gasteiger partial charge in [-0.1, -0.05) is 0 Å². The first-order valence-corrected chi connectivity index (χ1v) is 1.81. The topological polar surface area (TPSA) is 9.23 Å². The van der Waals surface area contributed by atoms with Gasteiger partial charge in [0.2, 0.25) is 0 Å². The molecule has 0 saturated carbocycles. The average Bonchev–Trinajstić information content (AvgIpc) is 1.61. The van der Waals surface area contributed by atoms with E-state index in [-0.39, 0.29) is 0 Å². The Morgan fingerprint density at radius 3 is 1.75 bits per heavy atom. The lowest BCUT2D eigenvalue weighted by molar-refractivity contribution is -0.152. The van der Waals surface area contributed by atoms with Crippen LogP contribution in [0.2, 0.25) is 0 Å². The van der Waals surface area contributed by atoms with Crippen LogP contribution in [-0.2, 0) is 4.74 Å². The molecule has 0 aliphatic carbocycles. The van der Waals surface area contributed by atoms with Gasteiger partial charge in [0.05, 0.1) is 0 Å². The SMILES string of the molecule is FC(F)COC(F)F. The Hall–Kier alpha value is -0.320. The molecule has 0 atom stereocenters. The maximum absolute atomic E-state index is 10.9. The maximum Gasteiger partial charge on any atom is 0.345 e. The van der Waals surface area contributed by atoms with Gasteiger partial charge in [0, 0.05) is 0 Å². The quantitative estimate of drug-likeness (QED) is 0.528. The van der Waals surface area contributed by atoms with Crippen molar-refractivity contribution in [2.24, 2.45) is 0 Å². The van der Waals surface area contributed by atoms with E-state index in [0.29, 0.717) is 0 Å². The maximum atomic E-state index is 10.9. The summed E-state index contributed by atoms with van der Waals surface area (Å²) in [6, 6.07) is 0. The highest BCUT2D eigenvalue weighted by Gasteiger charge is 2.07. The van der Waals surface area contributed by atoms with E-state index in [1.165, 1.54) is 0 Å². The van der Waals surface area contributed by atoms with E-state index in [4.69, 9.17) is 0 Å². The summed E-state index contributed by atoms with van der Waals surface area (Å²) in [5.41, 5.74) is 0. The van der Waals surface area contributed by atoms with Gasteiger partial charge < -0.3 is 4.74 Å². The highest BCUT2D eigenvalue weighted by atomic mass is 19.3. The number of alkyl halides is 4. The summed E-state index contributed by atoms with van der Waals surface area (Å²) >= 11 is 0. The molecule has 0 amide bonds. The molecule has 0 aromatic carbocycles. The molecule has 0 heterocycles. The van der Waals surface area contributed by atoms with Gasteiger partial charge in [0.15, 0.2) is 0 Å². The van der Waals surface area contributed by atoms with Crippen LogP contribution in [0.25, 0.3) is 0 Å². The lowest BCUT2D eigenvalue weighted by Crippen LogP contribution is -2.07. The summed E-state index contributed by atoms with van der Waals surface area (Å²) in [6.45, 7) is -4.29. The van der Waals surface area contributed by atoms with Crippen molar-refractivity contribution in [1.82, 2.24) is 0 Å². The van der Waals surface area contributed by atoms with Crippen LogP contribution in [0.15, 0.2) is 0 Å². The molecule has 1 nitrogen and oxygen atoms in total. The van der Waals surface area contributed by atoms with Crippen LogP contribution < -0.4 is 0 Å². The molecule has 0 unspecified atom stereocenters. The monoisotopic (exact) mass is 132 g/mol. The molecule has 0 aromatic rings. The van der Waals surface area contributed by atoms with Gasteiger partial charge in [-0.05, 0) is 0 Å². The van der Waals surface area contributed by atoms with E-state index in [2.05, 4.69) is 4.74 Å². The van der Waals surface area contributed by atoms with Crippen LogP contribution in [-0.4, -0.2) is 19.6 Å². The predicted molar refractivity (Wildman–Crippen MR) is 18.0 cm³/mol. The van der Waals surface area contributed by atoms with E-state index in [1.807, 2.05) is 0 Å². The van der Waals surface area contributed by atoms with Crippen molar-refractivity contribution >= 4 is 0 Å². The highest BCUT2D eigenvalue weighted by Crippen LogP contribution is 1.98. The number of hydrogen-bond donors (Lipinski definition) is 0. The van der Waals surface area contributed by atoms with Gasteiger partial charge in [-0.25, -0.2) is 8.78 Å². The molecule has 0 saturated heterocycles. The molecular weight excluding hydrogens is 128 g/mol. The molecule has 0 aromatic heterocycles. The van der Waals surface area contributed by atoms with Crippen molar-refractivity contribution in [3.63, 3.8) is 0 Å². The summed E-state index contributed by atoms with van der Waals surface area (Å²) in [5, 5.41) is 0. The van der Waals surface area contributed by atoms with Crippen molar-refractivity contribution < 1.29 is 22.3 Å². The highest BCUT2D eigenvalue weighted by molar-refractivity contribution is 4.30. The third kappa shape index (κ3) is 5.68. The zero-order valence-corrected chi connectivity index (χ0v) is 3.78. The minimum Gasteiger partial charge on any atom is -0.317 e. The summed E-state index contributed by atoms with van der Waals surface area (Å²) in [7, 11) is 0. The van der Waals surface area contributed by atoms with Crippen LogP contribution in [0, 0.1) is 0 Å². The first kappa shape index (κ1) is 7.68. The Morgan fingerprint density at radius 1 is 1.12 bits per heavy atom. The Morgan fingerprint density at radius 2 is 1.62 bits per heavy atom. The Kier molecular flexibility index (Phi) is 3.51. The number of halogens is 4. The van der Waals surface area contributed by atoms with Crippen LogP contribution in [0.5, 0.6) is 0 Å². The van der Waals surface area contributed by atoms with Gasteiger partial charge in [-0.3, -0.25) is 0 Å². The molecule has 8 heavy (non-hydrogen) atoms. The molecule has 0 spiro atoms. The van der Waals surface area contributed by atoms with Gasteiger partial charge in [-0.2, -0.15) is 8.78 Å². The molecule has 5 heteroatoms. The van der Waals surface area contributed by atoms with Crippen LogP contribution in [0.1, 0.15) is 0 Å². The van der Waals surface area contributed by atoms with Crippen LogP contribution in [0.3, 0.4) is 0 Å². The zero-order valence-electron chi connectivity index (χ0n) is 3.78. The summed E-state index contributed by atoms with van der Waals surface area (Å²) in [6.07, 6.45) is -2.82. The minimum absolute atomic E-state index is 1.20. The fourth-order valence-corrected chi connectivity index (χ4v) is 0.145. The van der Waals surface area contributed by atoms with Gasteiger partial charge in [0.25, 0.3) is 6.43 Å². The van der Waals surface area contributed by atoms with Crippen molar-refractivity contribution in [2.45, 2.75) is 13.0 Å². The fourth-order valence-electron chi connectivity index (χ4n) is 0.145. The van der Waals surface area contributed by atoms with E-state index < -0.39 is 19.6 Å².